The Labute approximate surface area is 99.4 Å². The van der Waals surface area contributed by atoms with Crippen LogP contribution in [0.15, 0.2) is 4.42 Å². The lowest BCUT2D eigenvalue weighted by molar-refractivity contribution is 0.263. The molecular formula is C10H16ClN3O2. The lowest BCUT2D eigenvalue weighted by Gasteiger charge is -2.12. The Balaban J connectivity index is 1.92. The maximum Gasteiger partial charge on any atom is 0.318 e. The third-order valence-corrected chi connectivity index (χ3v) is 3.05. The van der Waals surface area contributed by atoms with Crippen molar-refractivity contribution in [2.24, 2.45) is 5.92 Å². The van der Waals surface area contributed by atoms with E-state index in [0.717, 1.165) is 25.9 Å². The highest BCUT2D eigenvalue weighted by atomic mass is 35.5. The first-order chi connectivity index (χ1) is 7.83. The Morgan fingerprint density at radius 3 is 3.12 bits per heavy atom. The highest BCUT2D eigenvalue weighted by molar-refractivity contribution is 6.17. The zero-order valence-electron chi connectivity index (χ0n) is 9.10. The summed E-state index contributed by atoms with van der Waals surface area (Å²) in [5, 5.41) is 16.8. The molecule has 0 bridgehead atoms. The quantitative estimate of drug-likeness (QED) is 0.786. The molecule has 16 heavy (non-hydrogen) atoms. The standard InChI is InChI=1S/C10H16ClN3O2/c11-4-1-9-12-13-10(16-9)14-5-2-8(7-14)3-6-15/h8,15H,1-7H2. The molecule has 1 unspecified atom stereocenters. The molecule has 1 aliphatic rings. The van der Waals surface area contributed by atoms with Crippen molar-refractivity contribution in [2.45, 2.75) is 19.3 Å². The Bertz CT molecular complexity index is 332. The van der Waals surface area contributed by atoms with Crippen molar-refractivity contribution in [3.63, 3.8) is 0 Å². The van der Waals surface area contributed by atoms with Crippen LogP contribution in [0.1, 0.15) is 18.7 Å². The molecule has 0 amide bonds. The van der Waals surface area contributed by atoms with Gasteiger partial charge in [0.15, 0.2) is 0 Å². The predicted molar refractivity (Wildman–Crippen MR) is 60.7 cm³/mol. The number of aliphatic hydroxyl groups is 1. The summed E-state index contributed by atoms with van der Waals surface area (Å²) >= 11 is 5.60. The van der Waals surface area contributed by atoms with Gasteiger partial charge < -0.3 is 14.4 Å². The summed E-state index contributed by atoms with van der Waals surface area (Å²) in [7, 11) is 0. The molecule has 0 spiro atoms. The number of halogens is 1. The van der Waals surface area contributed by atoms with Crippen molar-refractivity contribution in [3.05, 3.63) is 5.89 Å². The van der Waals surface area contributed by atoms with Gasteiger partial charge >= 0.3 is 6.01 Å². The van der Waals surface area contributed by atoms with Crippen LogP contribution in [0.5, 0.6) is 0 Å². The molecule has 5 nitrogen and oxygen atoms in total. The molecule has 0 aromatic carbocycles. The summed E-state index contributed by atoms with van der Waals surface area (Å²) < 4.78 is 5.49. The molecule has 0 saturated carbocycles. The monoisotopic (exact) mass is 245 g/mol. The number of anilines is 1. The molecule has 2 heterocycles. The fraction of sp³-hybridized carbons (Fsp3) is 0.800. The maximum atomic E-state index is 8.87. The number of aryl methyl sites for hydroxylation is 1. The molecule has 1 atom stereocenters. The van der Waals surface area contributed by atoms with Gasteiger partial charge in [0, 0.05) is 32.0 Å². The highest BCUT2D eigenvalue weighted by Crippen LogP contribution is 2.24. The number of aliphatic hydroxyl groups excluding tert-OH is 1. The molecule has 1 aliphatic heterocycles. The van der Waals surface area contributed by atoms with Gasteiger partial charge in [0.25, 0.3) is 0 Å². The van der Waals surface area contributed by atoms with Crippen LogP contribution in [-0.4, -0.2) is 40.9 Å². The summed E-state index contributed by atoms with van der Waals surface area (Å²) in [6.45, 7) is 2.07. The van der Waals surface area contributed by atoms with Gasteiger partial charge in [-0.3, -0.25) is 0 Å². The van der Waals surface area contributed by atoms with E-state index in [9.17, 15) is 0 Å². The number of nitrogens with zero attached hydrogens (tertiary/aromatic N) is 3. The van der Waals surface area contributed by atoms with Gasteiger partial charge in [0.2, 0.25) is 5.89 Å². The van der Waals surface area contributed by atoms with E-state index in [1.807, 2.05) is 0 Å². The first-order valence-corrected chi connectivity index (χ1v) is 6.11. The van der Waals surface area contributed by atoms with Gasteiger partial charge in [0.1, 0.15) is 0 Å². The number of hydrogen-bond donors (Lipinski definition) is 1. The van der Waals surface area contributed by atoms with E-state index in [2.05, 4.69) is 15.1 Å². The summed E-state index contributed by atoms with van der Waals surface area (Å²) in [6.07, 6.45) is 2.54. The summed E-state index contributed by atoms with van der Waals surface area (Å²) in [5.41, 5.74) is 0. The van der Waals surface area contributed by atoms with Gasteiger partial charge in [-0.05, 0) is 18.8 Å². The maximum absolute atomic E-state index is 8.87. The molecule has 6 heteroatoms. The van der Waals surface area contributed by atoms with Crippen molar-refractivity contribution in [2.75, 3.05) is 30.5 Å². The molecule has 1 aromatic rings. The molecule has 1 saturated heterocycles. The topological polar surface area (TPSA) is 62.4 Å². The second kappa shape index (κ2) is 5.50. The van der Waals surface area contributed by atoms with E-state index in [1.54, 1.807) is 0 Å². The van der Waals surface area contributed by atoms with E-state index >= 15 is 0 Å². The molecule has 0 aliphatic carbocycles. The van der Waals surface area contributed by atoms with Crippen LogP contribution >= 0.6 is 11.6 Å². The normalized spacial score (nSPS) is 20.6. The minimum Gasteiger partial charge on any atom is -0.408 e. The second-order valence-corrected chi connectivity index (χ2v) is 4.41. The molecule has 90 valence electrons. The van der Waals surface area contributed by atoms with E-state index in [1.165, 1.54) is 0 Å². The Morgan fingerprint density at radius 2 is 2.38 bits per heavy atom. The van der Waals surface area contributed by atoms with E-state index in [4.69, 9.17) is 21.1 Å². The van der Waals surface area contributed by atoms with Gasteiger partial charge in [-0.1, -0.05) is 5.10 Å². The number of alkyl halides is 1. The molecule has 1 fully saturated rings. The molecule has 0 radical (unpaired) electrons. The third kappa shape index (κ3) is 2.65. The molecule has 1 aromatic heterocycles. The molecule has 1 N–H and O–H groups in total. The Morgan fingerprint density at radius 1 is 1.50 bits per heavy atom. The third-order valence-electron chi connectivity index (χ3n) is 2.86. The SMILES string of the molecule is OCCC1CCN(c2nnc(CCCl)o2)C1. The fourth-order valence-corrected chi connectivity index (χ4v) is 2.14. The zero-order valence-corrected chi connectivity index (χ0v) is 9.86. The van der Waals surface area contributed by atoms with E-state index < -0.39 is 0 Å². The smallest absolute Gasteiger partial charge is 0.318 e. The van der Waals surface area contributed by atoms with Gasteiger partial charge in [-0.25, -0.2) is 0 Å². The van der Waals surface area contributed by atoms with Crippen molar-refractivity contribution in [1.82, 2.24) is 10.2 Å². The van der Waals surface area contributed by atoms with Crippen LogP contribution in [-0.2, 0) is 6.42 Å². The lowest BCUT2D eigenvalue weighted by Crippen LogP contribution is -2.20. The largest absolute Gasteiger partial charge is 0.408 e. The fourth-order valence-electron chi connectivity index (χ4n) is 1.98. The van der Waals surface area contributed by atoms with E-state index in [-0.39, 0.29) is 6.61 Å². The summed E-state index contributed by atoms with van der Waals surface area (Å²) in [5.74, 6) is 1.62. The van der Waals surface area contributed by atoms with Gasteiger partial charge in [-0.2, -0.15) is 0 Å². The average Bonchev–Trinajstić information content (AvgIpc) is 2.87. The van der Waals surface area contributed by atoms with Gasteiger partial charge in [-0.15, -0.1) is 16.7 Å². The van der Waals surface area contributed by atoms with Crippen LogP contribution in [0.25, 0.3) is 0 Å². The first kappa shape index (κ1) is 11.7. The minimum absolute atomic E-state index is 0.250. The summed E-state index contributed by atoms with van der Waals surface area (Å²) in [6, 6.07) is 0.584. The van der Waals surface area contributed by atoms with Crippen molar-refractivity contribution in [3.8, 4) is 0 Å². The number of rotatable bonds is 5. The van der Waals surface area contributed by atoms with Crippen molar-refractivity contribution < 1.29 is 9.52 Å². The van der Waals surface area contributed by atoms with Crippen LogP contribution < -0.4 is 4.90 Å². The molecule has 2 rings (SSSR count). The predicted octanol–water partition coefficient (Wildman–Crippen LogP) is 1.06. The number of hydrogen-bond acceptors (Lipinski definition) is 5. The first-order valence-electron chi connectivity index (χ1n) is 5.57. The average molecular weight is 246 g/mol. The highest BCUT2D eigenvalue weighted by Gasteiger charge is 2.25. The minimum atomic E-state index is 0.250. The van der Waals surface area contributed by atoms with Crippen LogP contribution in [0.2, 0.25) is 0 Å². The van der Waals surface area contributed by atoms with Crippen LogP contribution in [0, 0.1) is 5.92 Å². The van der Waals surface area contributed by atoms with Gasteiger partial charge in [0.05, 0.1) is 0 Å². The zero-order chi connectivity index (χ0) is 11.4. The van der Waals surface area contributed by atoms with E-state index in [0.29, 0.717) is 30.1 Å². The second-order valence-electron chi connectivity index (χ2n) is 4.03. The lowest BCUT2D eigenvalue weighted by atomic mass is 10.1. The number of aromatic nitrogens is 2. The summed E-state index contributed by atoms with van der Waals surface area (Å²) in [4.78, 5) is 2.07. The Kier molecular flexibility index (Phi) is 4.01. The Hall–Kier alpha value is -0.810. The van der Waals surface area contributed by atoms with Crippen LogP contribution in [0.3, 0.4) is 0 Å². The van der Waals surface area contributed by atoms with Crippen molar-refractivity contribution in [1.29, 1.82) is 0 Å². The van der Waals surface area contributed by atoms with Crippen molar-refractivity contribution >= 4 is 17.6 Å². The van der Waals surface area contributed by atoms with Crippen LogP contribution in [0.4, 0.5) is 6.01 Å². The molecular weight excluding hydrogens is 230 g/mol.